The zero-order valence-corrected chi connectivity index (χ0v) is 11.7. The number of hydrogen-bond donors (Lipinski definition) is 1. The molecule has 0 aliphatic rings. The molecule has 0 aliphatic heterocycles. The highest BCUT2D eigenvalue weighted by molar-refractivity contribution is 7.80. The topological polar surface area (TPSA) is 55.6 Å². The number of nitrogens with two attached hydrogens (primary N) is 1. The Bertz CT molecular complexity index is 448. The standard InChI is InChI=1S/C13H18N2O2S/c1-9(13(14)18)15(2)12(16)8-10-6-4-5-7-11(10)17-3/h4-7,9H,8H2,1-3H3,(H2,14,18). The summed E-state index contributed by atoms with van der Waals surface area (Å²) in [6.07, 6.45) is 0.271. The van der Waals surface area contributed by atoms with E-state index in [4.69, 9.17) is 22.7 Å². The summed E-state index contributed by atoms with van der Waals surface area (Å²) in [4.78, 5) is 13.9. The first-order valence-electron chi connectivity index (χ1n) is 5.64. The average Bonchev–Trinajstić information content (AvgIpc) is 2.37. The Morgan fingerprint density at radius 1 is 1.50 bits per heavy atom. The summed E-state index contributed by atoms with van der Waals surface area (Å²) in [5, 5.41) is 0. The fraction of sp³-hybridized carbons (Fsp3) is 0.385. The van der Waals surface area contributed by atoms with Crippen molar-refractivity contribution in [3.8, 4) is 5.75 Å². The van der Waals surface area contributed by atoms with Crippen molar-refractivity contribution in [2.75, 3.05) is 14.2 Å². The largest absolute Gasteiger partial charge is 0.496 e. The highest BCUT2D eigenvalue weighted by Gasteiger charge is 2.19. The third-order valence-corrected chi connectivity index (χ3v) is 3.26. The van der Waals surface area contributed by atoms with Crippen LogP contribution in [0.4, 0.5) is 0 Å². The predicted octanol–water partition coefficient (Wildman–Crippen LogP) is 1.37. The van der Waals surface area contributed by atoms with E-state index in [0.29, 0.717) is 10.7 Å². The van der Waals surface area contributed by atoms with Crippen molar-refractivity contribution in [3.05, 3.63) is 29.8 Å². The second kappa shape index (κ2) is 6.35. The quantitative estimate of drug-likeness (QED) is 0.818. The van der Waals surface area contributed by atoms with Gasteiger partial charge in [0.05, 0.1) is 24.6 Å². The maximum Gasteiger partial charge on any atom is 0.227 e. The molecule has 4 nitrogen and oxygen atoms in total. The van der Waals surface area contributed by atoms with Crippen LogP contribution in [0.1, 0.15) is 12.5 Å². The van der Waals surface area contributed by atoms with E-state index < -0.39 is 0 Å². The van der Waals surface area contributed by atoms with Crippen LogP contribution >= 0.6 is 12.2 Å². The first-order valence-corrected chi connectivity index (χ1v) is 6.05. The van der Waals surface area contributed by atoms with E-state index in [0.717, 1.165) is 5.56 Å². The van der Waals surface area contributed by atoms with Gasteiger partial charge < -0.3 is 15.4 Å². The van der Waals surface area contributed by atoms with Crippen molar-refractivity contribution in [2.24, 2.45) is 5.73 Å². The zero-order valence-electron chi connectivity index (χ0n) is 10.8. The maximum absolute atomic E-state index is 12.1. The number of carbonyl (C=O) groups is 1. The van der Waals surface area contributed by atoms with Gasteiger partial charge >= 0.3 is 0 Å². The number of likely N-dealkylation sites (N-methyl/N-ethyl adjacent to an activating group) is 1. The van der Waals surface area contributed by atoms with Crippen molar-refractivity contribution < 1.29 is 9.53 Å². The molecule has 1 amide bonds. The molecule has 0 radical (unpaired) electrons. The second-order valence-corrected chi connectivity index (χ2v) is 4.54. The Hall–Kier alpha value is -1.62. The van der Waals surface area contributed by atoms with Gasteiger partial charge in [0.2, 0.25) is 5.91 Å². The molecule has 1 aromatic rings. The number of para-hydroxylation sites is 1. The van der Waals surface area contributed by atoms with Crippen LogP contribution in [0.25, 0.3) is 0 Å². The third kappa shape index (κ3) is 3.43. The first-order chi connectivity index (χ1) is 8.47. The molecule has 2 N–H and O–H groups in total. The van der Waals surface area contributed by atoms with Crippen LogP contribution < -0.4 is 10.5 Å². The van der Waals surface area contributed by atoms with Gasteiger partial charge in [-0.05, 0) is 13.0 Å². The molecule has 1 unspecified atom stereocenters. The summed E-state index contributed by atoms with van der Waals surface area (Å²) >= 11 is 4.89. The summed E-state index contributed by atoms with van der Waals surface area (Å²) in [5.41, 5.74) is 6.39. The molecule has 98 valence electrons. The number of nitrogens with zero attached hydrogens (tertiary/aromatic N) is 1. The highest BCUT2D eigenvalue weighted by Crippen LogP contribution is 2.18. The molecule has 0 aromatic heterocycles. The Morgan fingerprint density at radius 2 is 2.11 bits per heavy atom. The Labute approximate surface area is 113 Å². The predicted molar refractivity (Wildman–Crippen MR) is 75.7 cm³/mol. The van der Waals surface area contributed by atoms with Gasteiger partial charge in [-0.2, -0.15) is 0 Å². The molecule has 0 saturated carbocycles. The second-order valence-electron chi connectivity index (χ2n) is 4.07. The van der Waals surface area contributed by atoms with Crippen molar-refractivity contribution in [3.63, 3.8) is 0 Å². The molecule has 0 fully saturated rings. The molecule has 0 saturated heterocycles. The fourth-order valence-corrected chi connectivity index (χ4v) is 1.70. The molecule has 0 heterocycles. The number of rotatable bonds is 5. The molecule has 1 atom stereocenters. The number of hydrogen-bond acceptors (Lipinski definition) is 3. The Balaban J connectivity index is 2.78. The summed E-state index contributed by atoms with van der Waals surface area (Å²) in [7, 11) is 3.28. The number of benzene rings is 1. The van der Waals surface area contributed by atoms with Crippen molar-refractivity contribution >= 4 is 23.1 Å². The van der Waals surface area contributed by atoms with E-state index in [9.17, 15) is 4.79 Å². The summed E-state index contributed by atoms with van der Waals surface area (Å²) in [5.74, 6) is 0.669. The van der Waals surface area contributed by atoms with Crippen LogP contribution in [0.3, 0.4) is 0 Å². The molecule has 0 bridgehead atoms. The van der Waals surface area contributed by atoms with Crippen molar-refractivity contribution in [1.82, 2.24) is 4.90 Å². The summed E-state index contributed by atoms with van der Waals surface area (Å²) in [6, 6.07) is 7.20. The van der Waals surface area contributed by atoms with Crippen LogP contribution in [0, 0.1) is 0 Å². The van der Waals surface area contributed by atoms with Gasteiger partial charge in [0.15, 0.2) is 0 Å². The Kier molecular flexibility index (Phi) is 5.09. The fourth-order valence-electron chi connectivity index (χ4n) is 1.54. The van der Waals surface area contributed by atoms with Gasteiger partial charge in [-0.15, -0.1) is 0 Å². The first kappa shape index (κ1) is 14.4. The number of thiocarbonyl (C=S) groups is 1. The SMILES string of the molecule is COc1ccccc1CC(=O)N(C)C(C)C(N)=S. The minimum absolute atomic E-state index is 0.0419. The van der Waals surface area contributed by atoms with Gasteiger partial charge in [0.25, 0.3) is 0 Å². The monoisotopic (exact) mass is 266 g/mol. The maximum atomic E-state index is 12.1. The van der Waals surface area contributed by atoms with Crippen LogP contribution in [0.5, 0.6) is 5.75 Å². The molecular formula is C13H18N2O2S. The van der Waals surface area contributed by atoms with E-state index in [1.165, 1.54) is 0 Å². The lowest BCUT2D eigenvalue weighted by Crippen LogP contribution is -2.43. The normalized spacial score (nSPS) is 11.7. The van der Waals surface area contributed by atoms with E-state index >= 15 is 0 Å². The molecule has 5 heteroatoms. The van der Waals surface area contributed by atoms with E-state index in [1.807, 2.05) is 31.2 Å². The lowest BCUT2D eigenvalue weighted by molar-refractivity contribution is -0.129. The van der Waals surface area contributed by atoms with Crippen molar-refractivity contribution in [2.45, 2.75) is 19.4 Å². The van der Waals surface area contributed by atoms with Crippen molar-refractivity contribution in [1.29, 1.82) is 0 Å². The molecule has 1 aromatic carbocycles. The summed E-state index contributed by atoms with van der Waals surface area (Å²) in [6.45, 7) is 1.81. The minimum atomic E-state index is -0.248. The molecule has 1 rings (SSSR count). The van der Waals surface area contributed by atoms with E-state index in [-0.39, 0.29) is 18.4 Å². The Morgan fingerprint density at radius 3 is 2.67 bits per heavy atom. The zero-order chi connectivity index (χ0) is 13.7. The van der Waals surface area contributed by atoms with E-state index in [1.54, 1.807) is 19.1 Å². The minimum Gasteiger partial charge on any atom is -0.496 e. The van der Waals surface area contributed by atoms with E-state index in [2.05, 4.69) is 0 Å². The van der Waals surface area contributed by atoms with Crippen LogP contribution in [-0.2, 0) is 11.2 Å². The number of methoxy groups -OCH3 is 1. The number of carbonyl (C=O) groups excluding carboxylic acids is 1. The average molecular weight is 266 g/mol. The highest BCUT2D eigenvalue weighted by atomic mass is 32.1. The number of amides is 1. The van der Waals surface area contributed by atoms with Gasteiger partial charge in [0.1, 0.15) is 5.75 Å². The lowest BCUT2D eigenvalue weighted by Gasteiger charge is -2.24. The summed E-state index contributed by atoms with van der Waals surface area (Å²) < 4.78 is 5.21. The molecule has 0 spiro atoms. The van der Waals surface area contributed by atoms with Gasteiger partial charge in [-0.25, -0.2) is 0 Å². The molecule has 18 heavy (non-hydrogen) atoms. The smallest absolute Gasteiger partial charge is 0.227 e. The third-order valence-electron chi connectivity index (χ3n) is 2.92. The lowest BCUT2D eigenvalue weighted by atomic mass is 10.1. The van der Waals surface area contributed by atoms with Gasteiger partial charge in [-0.1, -0.05) is 30.4 Å². The van der Waals surface area contributed by atoms with Crippen LogP contribution in [-0.4, -0.2) is 36.0 Å². The molecule has 0 aliphatic carbocycles. The number of ether oxygens (including phenoxy) is 1. The van der Waals surface area contributed by atoms with Crippen LogP contribution in [0.15, 0.2) is 24.3 Å². The molecular weight excluding hydrogens is 248 g/mol. The van der Waals surface area contributed by atoms with Crippen LogP contribution in [0.2, 0.25) is 0 Å². The van der Waals surface area contributed by atoms with Gasteiger partial charge in [-0.3, -0.25) is 4.79 Å². The van der Waals surface area contributed by atoms with Gasteiger partial charge in [0, 0.05) is 12.6 Å².